The number of rotatable bonds is 7. The molecule has 0 aliphatic carbocycles. The van der Waals surface area contributed by atoms with Crippen molar-refractivity contribution in [3.05, 3.63) is 12.2 Å². The van der Waals surface area contributed by atoms with E-state index < -0.39 is 12.6 Å². The Labute approximate surface area is 105 Å². The summed E-state index contributed by atoms with van der Waals surface area (Å²) in [5, 5.41) is 7.12. The number of hydrogen-bond acceptors (Lipinski definition) is 3. The maximum absolute atomic E-state index is 12.0. The normalized spacial score (nSPS) is 12.3. The van der Waals surface area contributed by atoms with E-state index in [0.717, 1.165) is 6.54 Å². The molecule has 0 fully saturated rings. The zero-order valence-corrected chi connectivity index (χ0v) is 10.7. The molecule has 0 aliphatic rings. The van der Waals surface area contributed by atoms with Crippen LogP contribution in [0.5, 0.6) is 0 Å². The van der Waals surface area contributed by atoms with E-state index in [1.807, 2.05) is 0 Å². The lowest BCUT2D eigenvalue weighted by atomic mass is 10.2. The number of alkyl halides is 3. The zero-order valence-electron chi connectivity index (χ0n) is 10.7. The van der Waals surface area contributed by atoms with Gasteiger partial charge >= 0.3 is 6.18 Å². The molecule has 1 aromatic rings. The highest BCUT2D eigenvalue weighted by molar-refractivity contribution is 4.83. The van der Waals surface area contributed by atoms with Crippen LogP contribution in [0, 0.1) is 5.92 Å². The molecule has 0 unspecified atom stereocenters. The molecule has 0 atom stereocenters. The number of halogens is 3. The third-order valence-electron chi connectivity index (χ3n) is 2.36. The van der Waals surface area contributed by atoms with Gasteiger partial charge in [0.25, 0.3) is 0 Å². The van der Waals surface area contributed by atoms with Crippen molar-refractivity contribution in [1.82, 2.24) is 20.1 Å². The topological polar surface area (TPSA) is 42.7 Å². The molecule has 104 valence electrons. The summed E-state index contributed by atoms with van der Waals surface area (Å²) in [5.41, 5.74) is 0. The minimum atomic E-state index is -4.10. The molecular weight excluding hydrogens is 245 g/mol. The second-order valence-electron chi connectivity index (χ2n) is 4.64. The highest BCUT2D eigenvalue weighted by Gasteiger charge is 2.26. The summed E-state index contributed by atoms with van der Waals surface area (Å²) in [6.07, 6.45) is -3.48. The van der Waals surface area contributed by atoms with E-state index >= 15 is 0 Å². The predicted molar refractivity (Wildman–Crippen MR) is 61.9 cm³/mol. The van der Waals surface area contributed by atoms with Gasteiger partial charge in [0.2, 0.25) is 0 Å². The summed E-state index contributed by atoms with van der Waals surface area (Å²) >= 11 is 0. The van der Waals surface area contributed by atoms with Gasteiger partial charge in [0, 0.05) is 13.0 Å². The van der Waals surface area contributed by atoms with E-state index in [1.165, 1.54) is 11.0 Å². The van der Waals surface area contributed by atoms with Crippen molar-refractivity contribution in [2.45, 2.75) is 46.0 Å². The Kier molecular flexibility index (Phi) is 5.58. The van der Waals surface area contributed by atoms with E-state index in [0.29, 0.717) is 18.3 Å². The van der Waals surface area contributed by atoms with Crippen LogP contribution in [-0.2, 0) is 13.1 Å². The van der Waals surface area contributed by atoms with Crippen LogP contribution in [0.4, 0.5) is 13.2 Å². The molecule has 1 N–H and O–H groups in total. The highest BCUT2D eigenvalue weighted by Crippen LogP contribution is 2.21. The number of nitrogens with zero attached hydrogens (tertiary/aromatic N) is 3. The van der Waals surface area contributed by atoms with Gasteiger partial charge in [0.05, 0.1) is 6.54 Å². The van der Waals surface area contributed by atoms with Crippen LogP contribution in [0.1, 0.15) is 32.5 Å². The fraction of sp³-hybridized carbons (Fsp3) is 0.818. The number of hydrogen-bond donors (Lipinski definition) is 1. The lowest BCUT2D eigenvalue weighted by molar-refractivity contribution is -0.136. The second kappa shape index (κ2) is 6.72. The van der Waals surface area contributed by atoms with Crippen LogP contribution in [0.25, 0.3) is 0 Å². The van der Waals surface area contributed by atoms with Crippen LogP contribution in [0.15, 0.2) is 6.33 Å². The molecule has 0 bridgehead atoms. The lowest BCUT2D eigenvalue weighted by Gasteiger charge is -2.09. The Bertz CT molecular complexity index is 346. The van der Waals surface area contributed by atoms with Gasteiger partial charge in [-0.1, -0.05) is 13.8 Å². The van der Waals surface area contributed by atoms with Gasteiger partial charge in [-0.2, -0.15) is 18.3 Å². The van der Waals surface area contributed by atoms with Gasteiger partial charge in [-0.25, -0.2) is 9.67 Å². The Hall–Kier alpha value is -1.11. The summed E-state index contributed by atoms with van der Waals surface area (Å²) < 4.78 is 37.6. The molecule has 4 nitrogen and oxygen atoms in total. The van der Waals surface area contributed by atoms with Crippen molar-refractivity contribution < 1.29 is 13.2 Å². The summed E-state index contributed by atoms with van der Waals surface area (Å²) in [7, 11) is 0. The molecule has 0 aromatic carbocycles. The van der Waals surface area contributed by atoms with E-state index in [1.54, 1.807) is 0 Å². The first-order valence-electron chi connectivity index (χ1n) is 6.02. The van der Waals surface area contributed by atoms with Crippen molar-refractivity contribution in [2.75, 3.05) is 6.54 Å². The first-order valence-corrected chi connectivity index (χ1v) is 6.02. The molecule has 7 heteroatoms. The molecule has 1 rings (SSSR count). The minimum Gasteiger partial charge on any atom is -0.310 e. The first kappa shape index (κ1) is 14.9. The van der Waals surface area contributed by atoms with Gasteiger partial charge in [-0.15, -0.1) is 0 Å². The maximum Gasteiger partial charge on any atom is 0.389 e. The van der Waals surface area contributed by atoms with E-state index in [2.05, 4.69) is 29.2 Å². The second-order valence-corrected chi connectivity index (χ2v) is 4.64. The molecule has 0 saturated carbocycles. The largest absolute Gasteiger partial charge is 0.389 e. The van der Waals surface area contributed by atoms with Crippen molar-refractivity contribution in [3.8, 4) is 0 Å². The molecule has 18 heavy (non-hydrogen) atoms. The Morgan fingerprint density at radius 2 is 2.11 bits per heavy atom. The molecule has 0 amide bonds. The molecule has 0 aliphatic heterocycles. The van der Waals surface area contributed by atoms with Crippen LogP contribution in [0.2, 0.25) is 0 Å². The third-order valence-corrected chi connectivity index (χ3v) is 2.36. The van der Waals surface area contributed by atoms with Crippen LogP contribution in [0.3, 0.4) is 0 Å². The van der Waals surface area contributed by atoms with Gasteiger partial charge in [-0.05, 0) is 18.9 Å². The number of aryl methyl sites for hydroxylation is 1. The van der Waals surface area contributed by atoms with E-state index in [-0.39, 0.29) is 13.0 Å². The van der Waals surface area contributed by atoms with Crippen LogP contribution in [-0.4, -0.2) is 27.5 Å². The van der Waals surface area contributed by atoms with Crippen molar-refractivity contribution >= 4 is 0 Å². The first-order chi connectivity index (χ1) is 8.38. The van der Waals surface area contributed by atoms with Gasteiger partial charge in [-0.3, -0.25) is 0 Å². The summed E-state index contributed by atoms with van der Waals surface area (Å²) in [6, 6.07) is 0. The van der Waals surface area contributed by atoms with E-state index in [4.69, 9.17) is 0 Å². The minimum absolute atomic E-state index is 0.0318. The average molecular weight is 264 g/mol. The van der Waals surface area contributed by atoms with Crippen LogP contribution >= 0.6 is 0 Å². The average Bonchev–Trinajstić information content (AvgIpc) is 2.63. The SMILES string of the molecule is CC(C)CNCc1ncnn1CCCC(F)(F)F. The van der Waals surface area contributed by atoms with Gasteiger partial charge < -0.3 is 5.32 Å². The van der Waals surface area contributed by atoms with Crippen molar-refractivity contribution in [2.24, 2.45) is 5.92 Å². The summed E-state index contributed by atoms with van der Waals surface area (Å²) in [4.78, 5) is 4.04. The molecule has 1 heterocycles. The Balaban J connectivity index is 2.35. The van der Waals surface area contributed by atoms with Crippen molar-refractivity contribution in [1.29, 1.82) is 0 Å². The van der Waals surface area contributed by atoms with Gasteiger partial charge in [0.1, 0.15) is 12.2 Å². The van der Waals surface area contributed by atoms with Gasteiger partial charge in [0.15, 0.2) is 0 Å². The molecule has 1 aromatic heterocycles. The standard InChI is InChI=1S/C11H19F3N4/c1-9(2)6-15-7-10-16-8-17-18(10)5-3-4-11(12,13)14/h8-9,15H,3-7H2,1-2H3. The fourth-order valence-electron chi connectivity index (χ4n) is 1.51. The monoisotopic (exact) mass is 264 g/mol. The molecular formula is C11H19F3N4. The maximum atomic E-state index is 12.0. The number of nitrogens with one attached hydrogen (secondary N) is 1. The Morgan fingerprint density at radius 1 is 1.39 bits per heavy atom. The molecule has 0 spiro atoms. The number of aromatic nitrogens is 3. The summed E-state index contributed by atoms with van der Waals surface area (Å²) in [5.74, 6) is 1.20. The third kappa shape index (κ3) is 6.00. The van der Waals surface area contributed by atoms with Crippen molar-refractivity contribution in [3.63, 3.8) is 0 Å². The smallest absolute Gasteiger partial charge is 0.310 e. The van der Waals surface area contributed by atoms with E-state index in [9.17, 15) is 13.2 Å². The Morgan fingerprint density at radius 3 is 2.72 bits per heavy atom. The summed E-state index contributed by atoms with van der Waals surface area (Å²) in [6.45, 7) is 5.79. The highest BCUT2D eigenvalue weighted by atomic mass is 19.4. The molecule has 0 radical (unpaired) electrons. The van der Waals surface area contributed by atoms with Crippen LogP contribution < -0.4 is 5.32 Å². The fourth-order valence-corrected chi connectivity index (χ4v) is 1.51. The predicted octanol–water partition coefficient (Wildman–Crippen LogP) is 2.37. The zero-order chi connectivity index (χ0) is 13.6. The molecule has 0 saturated heterocycles. The lowest BCUT2D eigenvalue weighted by Crippen LogP contribution is -2.22. The quantitative estimate of drug-likeness (QED) is 0.822.